The normalized spacial score (nSPS) is 11.1. The first kappa shape index (κ1) is 15.0. The van der Waals surface area contributed by atoms with Crippen molar-refractivity contribution in [1.29, 1.82) is 0 Å². The fourth-order valence-electron chi connectivity index (χ4n) is 1.86. The molecule has 0 fully saturated rings. The lowest BCUT2D eigenvalue weighted by atomic mass is 10.2. The molecule has 0 aromatic carbocycles. The molecule has 0 radical (unpaired) electrons. The monoisotopic (exact) mass is 252 g/mol. The lowest BCUT2D eigenvalue weighted by Crippen LogP contribution is -2.26. The third-order valence-electron chi connectivity index (χ3n) is 2.79. The molecule has 0 amide bonds. The predicted molar refractivity (Wildman–Crippen MR) is 73.6 cm³/mol. The summed E-state index contributed by atoms with van der Waals surface area (Å²) in [6.07, 6.45) is 1.90. The molecule has 0 aliphatic rings. The first-order chi connectivity index (χ1) is 8.71. The first-order valence-electron chi connectivity index (χ1n) is 6.26. The molecule has 4 heteroatoms. The highest BCUT2D eigenvalue weighted by molar-refractivity contribution is 5.20. The van der Waals surface area contributed by atoms with Gasteiger partial charge in [-0.3, -0.25) is 4.90 Å². The Kier molecular flexibility index (Phi) is 6.72. The summed E-state index contributed by atoms with van der Waals surface area (Å²) in [5.74, 6) is 2.01. The number of methoxy groups -OCH3 is 1. The van der Waals surface area contributed by atoms with Gasteiger partial charge in [0.1, 0.15) is 11.5 Å². The molecule has 0 aliphatic heterocycles. The summed E-state index contributed by atoms with van der Waals surface area (Å²) in [6.45, 7) is 9.85. The number of hydrogen-bond donors (Lipinski definition) is 1. The summed E-state index contributed by atoms with van der Waals surface area (Å²) < 4.78 is 10.9. The summed E-state index contributed by atoms with van der Waals surface area (Å²) in [6, 6.07) is 2.11. The Morgan fingerprint density at radius 1 is 1.56 bits per heavy atom. The number of nitrogens with one attached hydrogen (secondary N) is 1. The SMILES string of the molecule is C=CCN(CCOC)Cc1cc(C)c(CNC)o1. The lowest BCUT2D eigenvalue weighted by molar-refractivity contribution is 0.146. The maximum atomic E-state index is 5.83. The van der Waals surface area contributed by atoms with E-state index < -0.39 is 0 Å². The fourth-order valence-corrected chi connectivity index (χ4v) is 1.86. The van der Waals surface area contributed by atoms with Gasteiger partial charge < -0.3 is 14.5 Å². The second-order valence-corrected chi connectivity index (χ2v) is 4.37. The average Bonchev–Trinajstić information content (AvgIpc) is 2.68. The minimum Gasteiger partial charge on any atom is -0.463 e. The van der Waals surface area contributed by atoms with E-state index in [1.165, 1.54) is 5.56 Å². The molecule has 0 saturated carbocycles. The van der Waals surface area contributed by atoms with E-state index in [-0.39, 0.29) is 0 Å². The zero-order valence-corrected chi connectivity index (χ0v) is 11.7. The second-order valence-electron chi connectivity index (χ2n) is 4.37. The van der Waals surface area contributed by atoms with Gasteiger partial charge in [0.15, 0.2) is 0 Å². The molecule has 1 aromatic heterocycles. The van der Waals surface area contributed by atoms with E-state index in [0.717, 1.165) is 44.3 Å². The van der Waals surface area contributed by atoms with Crippen LogP contribution in [0.4, 0.5) is 0 Å². The van der Waals surface area contributed by atoms with Crippen LogP contribution >= 0.6 is 0 Å². The summed E-state index contributed by atoms with van der Waals surface area (Å²) >= 11 is 0. The molecule has 0 saturated heterocycles. The fraction of sp³-hybridized carbons (Fsp3) is 0.571. The number of rotatable bonds is 9. The second kappa shape index (κ2) is 8.08. The van der Waals surface area contributed by atoms with Gasteiger partial charge in [0.25, 0.3) is 0 Å². The van der Waals surface area contributed by atoms with E-state index in [0.29, 0.717) is 0 Å². The van der Waals surface area contributed by atoms with Crippen molar-refractivity contribution in [2.75, 3.05) is 33.9 Å². The predicted octanol–water partition coefficient (Wildman–Crippen LogP) is 1.94. The maximum Gasteiger partial charge on any atom is 0.120 e. The Balaban J connectivity index is 2.61. The van der Waals surface area contributed by atoms with E-state index >= 15 is 0 Å². The number of aryl methyl sites for hydroxylation is 1. The van der Waals surface area contributed by atoms with Crippen molar-refractivity contribution < 1.29 is 9.15 Å². The third kappa shape index (κ3) is 4.64. The van der Waals surface area contributed by atoms with Crippen molar-refractivity contribution in [2.45, 2.75) is 20.0 Å². The Labute approximate surface area is 110 Å². The summed E-state index contributed by atoms with van der Waals surface area (Å²) in [5.41, 5.74) is 1.20. The van der Waals surface area contributed by atoms with Gasteiger partial charge in [-0.2, -0.15) is 0 Å². The molecule has 4 nitrogen and oxygen atoms in total. The van der Waals surface area contributed by atoms with Crippen LogP contribution < -0.4 is 5.32 Å². The van der Waals surface area contributed by atoms with Crippen molar-refractivity contribution >= 4 is 0 Å². The highest BCUT2D eigenvalue weighted by Gasteiger charge is 2.10. The molecule has 1 aromatic rings. The molecule has 1 N–H and O–H groups in total. The minimum absolute atomic E-state index is 0.719. The number of furan rings is 1. The lowest BCUT2D eigenvalue weighted by Gasteiger charge is -2.18. The molecule has 0 aliphatic carbocycles. The zero-order chi connectivity index (χ0) is 13.4. The first-order valence-corrected chi connectivity index (χ1v) is 6.26. The Hall–Kier alpha value is -1.10. The van der Waals surface area contributed by atoms with Crippen molar-refractivity contribution in [3.05, 3.63) is 35.8 Å². The molecular formula is C14H24N2O2. The molecular weight excluding hydrogens is 228 g/mol. The third-order valence-corrected chi connectivity index (χ3v) is 2.79. The van der Waals surface area contributed by atoms with Crippen LogP contribution in [0.1, 0.15) is 17.1 Å². The highest BCUT2D eigenvalue weighted by Crippen LogP contribution is 2.16. The van der Waals surface area contributed by atoms with Crippen molar-refractivity contribution in [2.24, 2.45) is 0 Å². The molecule has 1 rings (SSSR count). The topological polar surface area (TPSA) is 37.6 Å². The van der Waals surface area contributed by atoms with Crippen molar-refractivity contribution in [3.63, 3.8) is 0 Å². The van der Waals surface area contributed by atoms with Gasteiger partial charge in [0.2, 0.25) is 0 Å². The summed E-state index contributed by atoms with van der Waals surface area (Å²) in [4.78, 5) is 2.25. The van der Waals surface area contributed by atoms with Crippen LogP contribution in [-0.4, -0.2) is 38.8 Å². The van der Waals surface area contributed by atoms with Crippen LogP contribution in [0.2, 0.25) is 0 Å². The minimum atomic E-state index is 0.719. The molecule has 102 valence electrons. The Bertz CT molecular complexity index is 361. The van der Waals surface area contributed by atoms with E-state index in [2.05, 4.69) is 29.8 Å². The largest absolute Gasteiger partial charge is 0.463 e. The molecule has 0 spiro atoms. The number of nitrogens with zero attached hydrogens (tertiary/aromatic N) is 1. The Morgan fingerprint density at radius 2 is 2.33 bits per heavy atom. The van der Waals surface area contributed by atoms with Gasteiger partial charge in [-0.25, -0.2) is 0 Å². The quantitative estimate of drug-likeness (QED) is 0.682. The van der Waals surface area contributed by atoms with Gasteiger partial charge in [-0.1, -0.05) is 6.08 Å². The molecule has 18 heavy (non-hydrogen) atoms. The average molecular weight is 252 g/mol. The van der Waals surface area contributed by atoms with E-state index in [9.17, 15) is 0 Å². The van der Waals surface area contributed by atoms with E-state index in [1.807, 2.05) is 13.1 Å². The standard InChI is InChI=1S/C14H24N2O2/c1-5-6-16(7-8-17-4)11-13-9-12(2)14(18-13)10-15-3/h5,9,15H,1,6-8,10-11H2,2-4H3. The van der Waals surface area contributed by atoms with E-state index in [4.69, 9.17) is 9.15 Å². The highest BCUT2D eigenvalue weighted by atomic mass is 16.5. The Morgan fingerprint density at radius 3 is 2.94 bits per heavy atom. The maximum absolute atomic E-state index is 5.83. The van der Waals surface area contributed by atoms with Crippen LogP contribution in [0.3, 0.4) is 0 Å². The van der Waals surface area contributed by atoms with Crippen LogP contribution in [0.15, 0.2) is 23.1 Å². The van der Waals surface area contributed by atoms with Crippen LogP contribution in [-0.2, 0) is 17.8 Å². The van der Waals surface area contributed by atoms with Gasteiger partial charge in [0, 0.05) is 20.2 Å². The zero-order valence-electron chi connectivity index (χ0n) is 11.7. The van der Waals surface area contributed by atoms with Gasteiger partial charge in [0.05, 0.1) is 19.7 Å². The molecule has 0 unspecified atom stereocenters. The van der Waals surface area contributed by atoms with Gasteiger partial charge >= 0.3 is 0 Å². The van der Waals surface area contributed by atoms with Gasteiger partial charge in [-0.05, 0) is 25.6 Å². The molecule has 0 bridgehead atoms. The van der Waals surface area contributed by atoms with Crippen LogP contribution in [0.5, 0.6) is 0 Å². The van der Waals surface area contributed by atoms with Crippen molar-refractivity contribution in [3.8, 4) is 0 Å². The van der Waals surface area contributed by atoms with Crippen LogP contribution in [0.25, 0.3) is 0 Å². The van der Waals surface area contributed by atoms with Gasteiger partial charge in [-0.15, -0.1) is 6.58 Å². The molecule has 1 heterocycles. The number of hydrogen-bond acceptors (Lipinski definition) is 4. The van der Waals surface area contributed by atoms with E-state index in [1.54, 1.807) is 7.11 Å². The summed E-state index contributed by atoms with van der Waals surface area (Å²) in [7, 11) is 3.64. The summed E-state index contributed by atoms with van der Waals surface area (Å²) in [5, 5.41) is 3.11. The van der Waals surface area contributed by atoms with Crippen molar-refractivity contribution in [1.82, 2.24) is 10.2 Å². The smallest absolute Gasteiger partial charge is 0.120 e. The van der Waals surface area contributed by atoms with Crippen LogP contribution in [0, 0.1) is 6.92 Å². The molecule has 0 atom stereocenters. The number of ether oxygens (including phenoxy) is 1.